The van der Waals surface area contributed by atoms with Crippen molar-refractivity contribution in [1.82, 2.24) is 0 Å². The van der Waals surface area contributed by atoms with Crippen LogP contribution in [0, 0.1) is 17.2 Å². The van der Waals surface area contributed by atoms with Gasteiger partial charge in [0, 0.05) is 6.61 Å². The Balaban J connectivity index is 3.16. The number of nitriles is 1. The van der Waals surface area contributed by atoms with Crippen LogP contribution in [0.15, 0.2) is 0 Å². The van der Waals surface area contributed by atoms with Crippen molar-refractivity contribution in [2.75, 3.05) is 13.2 Å². The molecular formula is C9H17NO. The third-order valence-electron chi connectivity index (χ3n) is 1.87. The number of nitrogens with zero attached hydrogens (tertiary/aromatic N) is 1. The largest absolute Gasteiger partial charge is 0.380 e. The lowest BCUT2D eigenvalue weighted by Crippen LogP contribution is -2.07. The van der Waals surface area contributed by atoms with E-state index in [1.165, 1.54) is 12.8 Å². The Morgan fingerprint density at radius 3 is 2.45 bits per heavy atom. The minimum absolute atomic E-state index is 0.514. The predicted octanol–water partition coefficient (Wildman–Crippen LogP) is 2.35. The van der Waals surface area contributed by atoms with E-state index in [1.807, 2.05) is 0 Å². The molecule has 0 aromatic rings. The summed E-state index contributed by atoms with van der Waals surface area (Å²) < 4.78 is 5.30. The summed E-state index contributed by atoms with van der Waals surface area (Å²) in [6.45, 7) is 5.74. The number of rotatable bonds is 6. The van der Waals surface area contributed by atoms with Crippen molar-refractivity contribution in [1.29, 1.82) is 5.26 Å². The minimum atomic E-state index is 0.514. The van der Waals surface area contributed by atoms with Crippen LogP contribution in [0.3, 0.4) is 0 Å². The molecule has 0 atom stereocenters. The van der Waals surface area contributed by atoms with Crippen molar-refractivity contribution in [2.24, 2.45) is 5.92 Å². The van der Waals surface area contributed by atoms with Crippen LogP contribution in [0.2, 0.25) is 0 Å². The van der Waals surface area contributed by atoms with Crippen LogP contribution in [0.25, 0.3) is 0 Å². The molecule has 0 N–H and O–H groups in total. The van der Waals surface area contributed by atoms with Gasteiger partial charge in [-0.05, 0) is 5.92 Å². The Labute approximate surface area is 69.2 Å². The first kappa shape index (κ1) is 10.4. The van der Waals surface area contributed by atoms with Gasteiger partial charge in [-0.15, -0.1) is 0 Å². The molecule has 0 amide bonds. The topological polar surface area (TPSA) is 33.0 Å². The second kappa shape index (κ2) is 7.56. The third kappa shape index (κ3) is 5.87. The predicted molar refractivity (Wildman–Crippen MR) is 45.1 cm³/mol. The maximum atomic E-state index is 8.22. The lowest BCUT2D eigenvalue weighted by molar-refractivity contribution is 0.101. The summed E-state index contributed by atoms with van der Waals surface area (Å²) in [4.78, 5) is 0. The van der Waals surface area contributed by atoms with Gasteiger partial charge in [0.1, 0.15) is 0 Å². The van der Waals surface area contributed by atoms with Gasteiger partial charge in [-0.3, -0.25) is 0 Å². The van der Waals surface area contributed by atoms with E-state index in [0.29, 0.717) is 18.9 Å². The SMILES string of the molecule is CCC(CC)COCCC#N. The third-order valence-corrected chi connectivity index (χ3v) is 1.87. The van der Waals surface area contributed by atoms with E-state index in [0.717, 1.165) is 6.61 Å². The fourth-order valence-corrected chi connectivity index (χ4v) is 0.892. The van der Waals surface area contributed by atoms with Crippen LogP contribution in [-0.4, -0.2) is 13.2 Å². The molecule has 0 aromatic heterocycles. The van der Waals surface area contributed by atoms with Gasteiger partial charge in [0.25, 0.3) is 0 Å². The summed E-state index contributed by atoms with van der Waals surface area (Å²) >= 11 is 0. The maximum Gasteiger partial charge on any atom is 0.0645 e. The molecule has 0 saturated heterocycles. The Bertz CT molecular complexity index is 113. The molecule has 0 unspecified atom stereocenters. The molecule has 0 fully saturated rings. The molecule has 0 spiro atoms. The summed E-state index contributed by atoms with van der Waals surface area (Å²) in [6.07, 6.45) is 2.85. The van der Waals surface area contributed by atoms with Crippen molar-refractivity contribution in [3.8, 4) is 6.07 Å². The minimum Gasteiger partial charge on any atom is -0.380 e. The highest BCUT2D eigenvalue weighted by Gasteiger charge is 2.01. The summed E-state index contributed by atoms with van der Waals surface area (Å²) in [5.74, 6) is 0.675. The molecule has 0 aliphatic rings. The molecule has 0 radical (unpaired) electrons. The molecule has 2 nitrogen and oxygen atoms in total. The Morgan fingerprint density at radius 1 is 1.36 bits per heavy atom. The van der Waals surface area contributed by atoms with Crippen LogP contribution in [0.5, 0.6) is 0 Å². The van der Waals surface area contributed by atoms with Crippen molar-refractivity contribution in [2.45, 2.75) is 33.1 Å². The van der Waals surface area contributed by atoms with E-state index in [-0.39, 0.29) is 0 Å². The zero-order chi connectivity index (χ0) is 8.53. The number of hydrogen-bond donors (Lipinski definition) is 0. The summed E-state index contributed by atoms with van der Waals surface area (Å²) in [6, 6.07) is 2.05. The monoisotopic (exact) mass is 155 g/mol. The normalized spacial score (nSPS) is 10.0. The molecule has 0 aliphatic carbocycles. The van der Waals surface area contributed by atoms with Gasteiger partial charge in [0.15, 0.2) is 0 Å². The molecule has 64 valence electrons. The molecule has 0 rings (SSSR count). The lowest BCUT2D eigenvalue weighted by Gasteiger charge is -2.10. The van der Waals surface area contributed by atoms with E-state index in [2.05, 4.69) is 19.9 Å². The lowest BCUT2D eigenvalue weighted by atomic mass is 10.1. The summed E-state index contributed by atoms with van der Waals surface area (Å²) in [5.41, 5.74) is 0. The van der Waals surface area contributed by atoms with E-state index >= 15 is 0 Å². The molecule has 2 heteroatoms. The van der Waals surface area contributed by atoms with Gasteiger partial charge in [0.2, 0.25) is 0 Å². The first-order valence-electron chi connectivity index (χ1n) is 4.29. The van der Waals surface area contributed by atoms with Crippen molar-refractivity contribution in [3.05, 3.63) is 0 Å². The van der Waals surface area contributed by atoms with Crippen molar-refractivity contribution >= 4 is 0 Å². The average Bonchev–Trinajstić information content (AvgIpc) is 2.05. The highest BCUT2D eigenvalue weighted by atomic mass is 16.5. The van der Waals surface area contributed by atoms with Crippen LogP contribution in [0.1, 0.15) is 33.1 Å². The average molecular weight is 155 g/mol. The second-order valence-electron chi connectivity index (χ2n) is 2.67. The first-order valence-corrected chi connectivity index (χ1v) is 4.29. The molecule has 0 heterocycles. The molecule has 0 saturated carbocycles. The highest BCUT2D eigenvalue weighted by molar-refractivity contribution is 4.67. The van der Waals surface area contributed by atoms with Gasteiger partial charge >= 0.3 is 0 Å². The molecule has 11 heavy (non-hydrogen) atoms. The maximum absolute atomic E-state index is 8.22. The standard InChI is InChI=1S/C9H17NO/c1-3-9(4-2)8-11-7-5-6-10/h9H,3-5,7-8H2,1-2H3. The van der Waals surface area contributed by atoms with E-state index in [4.69, 9.17) is 10.00 Å². The van der Waals surface area contributed by atoms with Crippen LogP contribution in [-0.2, 0) is 4.74 Å². The zero-order valence-electron chi connectivity index (χ0n) is 7.47. The van der Waals surface area contributed by atoms with Crippen LogP contribution in [0.4, 0.5) is 0 Å². The first-order chi connectivity index (χ1) is 5.35. The quantitative estimate of drug-likeness (QED) is 0.551. The molecule has 0 bridgehead atoms. The summed E-state index contributed by atoms with van der Waals surface area (Å²) in [7, 11) is 0. The second-order valence-corrected chi connectivity index (χ2v) is 2.67. The van der Waals surface area contributed by atoms with Crippen LogP contribution >= 0.6 is 0 Å². The smallest absolute Gasteiger partial charge is 0.0645 e. The van der Waals surface area contributed by atoms with Gasteiger partial charge in [-0.2, -0.15) is 5.26 Å². The molecule has 0 aliphatic heterocycles. The fourth-order valence-electron chi connectivity index (χ4n) is 0.892. The number of ether oxygens (including phenoxy) is 1. The Hall–Kier alpha value is -0.550. The van der Waals surface area contributed by atoms with Crippen molar-refractivity contribution in [3.63, 3.8) is 0 Å². The fraction of sp³-hybridized carbons (Fsp3) is 0.889. The van der Waals surface area contributed by atoms with Gasteiger partial charge in [-0.25, -0.2) is 0 Å². The van der Waals surface area contributed by atoms with Gasteiger partial charge in [0.05, 0.1) is 19.1 Å². The van der Waals surface area contributed by atoms with E-state index < -0.39 is 0 Å². The zero-order valence-corrected chi connectivity index (χ0v) is 7.47. The Morgan fingerprint density at radius 2 is 2.00 bits per heavy atom. The van der Waals surface area contributed by atoms with E-state index in [1.54, 1.807) is 0 Å². The number of hydrogen-bond acceptors (Lipinski definition) is 2. The Kier molecular flexibility index (Phi) is 7.18. The van der Waals surface area contributed by atoms with Gasteiger partial charge < -0.3 is 4.74 Å². The summed E-state index contributed by atoms with van der Waals surface area (Å²) in [5, 5.41) is 8.22. The van der Waals surface area contributed by atoms with Crippen LogP contribution < -0.4 is 0 Å². The molecular weight excluding hydrogens is 138 g/mol. The van der Waals surface area contributed by atoms with E-state index in [9.17, 15) is 0 Å². The molecule has 0 aromatic carbocycles. The highest BCUT2D eigenvalue weighted by Crippen LogP contribution is 2.07. The van der Waals surface area contributed by atoms with Gasteiger partial charge in [-0.1, -0.05) is 26.7 Å². The van der Waals surface area contributed by atoms with Crippen molar-refractivity contribution < 1.29 is 4.74 Å².